The fourth-order valence-electron chi connectivity index (χ4n) is 3.02. The molecule has 0 saturated carbocycles. The first-order valence-corrected chi connectivity index (χ1v) is 9.65. The summed E-state index contributed by atoms with van der Waals surface area (Å²) in [5, 5.41) is 0. The summed E-state index contributed by atoms with van der Waals surface area (Å²) in [5.74, 6) is 1.31. The van der Waals surface area contributed by atoms with E-state index in [9.17, 15) is 13.2 Å². The predicted octanol–water partition coefficient (Wildman–Crippen LogP) is 1.09. The lowest BCUT2D eigenvalue weighted by Crippen LogP contribution is -2.53. The van der Waals surface area contributed by atoms with Crippen LogP contribution in [0.3, 0.4) is 0 Å². The van der Waals surface area contributed by atoms with Gasteiger partial charge in [-0.25, -0.2) is 0 Å². The molecule has 2 saturated heterocycles. The monoisotopic (exact) mass is 353 g/mol. The van der Waals surface area contributed by atoms with Gasteiger partial charge in [0.25, 0.3) is 10.2 Å². The molecule has 1 aromatic rings. The fraction of sp³-hybridized carbons (Fsp3) is 0.562. The van der Waals surface area contributed by atoms with Crippen molar-refractivity contribution in [2.45, 2.75) is 19.8 Å². The molecule has 132 valence electrons. The Labute approximate surface area is 142 Å². The van der Waals surface area contributed by atoms with Gasteiger partial charge in [-0.05, 0) is 38.0 Å². The van der Waals surface area contributed by atoms with E-state index in [0.717, 1.165) is 18.6 Å². The van der Waals surface area contributed by atoms with Gasteiger partial charge in [-0.3, -0.25) is 4.79 Å². The largest absolute Gasteiger partial charge is 0.462 e. The van der Waals surface area contributed by atoms with Gasteiger partial charge in [-0.15, -0.1) is 0 Å². The first-order chi connectivity index (χ1) is 11.5. The lowest BCUT2D eigenvalue weighted by atomic mass is 10.3. The number of hydrogen-bond donors (Lipinski definition) is 0. The van der Waals surface area contributed by atoms with E-state index in [-0.39, 0.29) is 5.91 Å². The van der Waals surface area contributed by atoms with Gasteiger partial charge in [-0.1, -0.05) is 0 Å². The van der Waals surface area contributed by atoms with E-state index in [1.807, 2.05) is 13.0 Å². The van der Waals surface area contributed by atoms with Crippen LogP contribution in [0.4, 0.5) is 0 Å². The van der Waals surface area contributed by atoms with Crippen LogP contribution in [0.5, 0.6) is 0 Å². The highest BCUT2D eigenvalue weighted by Gasteiger charge is 2.34. The van der Waals surface area contributed by atoms with Gasteiger partial charge >= 0.3 is 0 Å². The smallest absolute Gasteiger partial charge is 0.282 e. The van der Waals surface area contributed by atoms with Gasteiger partial charge in [0.15, 0.2) is 0 Å². The number of hydrogen-bond acceptors (Lipinski definition) is 4. The summed E-state index contributed by atoms with van der Waals surface area (Å²) in [5.41, 5.74) is 0. The molecule has 2 fully saturated rings. The van der Waals surface area contributed by atoms with E-state index in [1.54, 1.807) is 21.3 Å². The molecule has 1 amide bonds. The topological polar surface area (TPSA) is 74.1 Å². The van der Waals surface area contributed by atoms with Gasteiger partial charge in [0.05, 0.1) is 0 Å². The molecule has 0 radical (unpaired) electrons. The SMILES string of the molecule is Cc1ccc(/C=C/C(=O)N2CCN(S(=O)(=O)N3CCCC3)CC2)o1. The van der Waals surface area contributed by atoms with E-state index < -0.39 is 10.2 Å². The summed E-state index contributed by atoms with van der Waals surface area (Å²) < 4.78 is 33.4. The Kier molecular flexibility index (Phi) is 5.07. The van der Waals surface area contributed by atoms with Crippen molar-refractivity contribution in [3.8, 4) is 0 Å². The number of piperazine rings is 1. The Morgan fingerprint density at radius 1 is 1.04 bits per heavy atom. The molecule has 0 bridgehead atoms. The Morgan fingerprint density at radius 3 is 2.25 bits per heavy atom. The molecule has 0 unspecified atom stereocenters. The lowest BCUT2D eigenvalue weighted by Gasteiger charge is -2.35. The highest BCUT2D eigenvalue weighted by Crippen LogP contribution is 2.18. The lowest BCUT2D eigenvalue weighted by molar-refractivity contribution is -0.127. The predicted molar refractivity (Wildman–Crippen MR) is 90.4 cm³/mol. The second-order valence-corrected chi connectivity index (χ2v) is 8.05. The molecular weight excluding hydrogens is 330 g/mol. The minimum atomic E-state index is -3.37. The van der Waals surface area contributed by atoms with Crippen molar-refractivity contribution >= 4 is 22.2 Å². The van der Waals surface area contributed by atoms with E-state index in [2.05, 4.69) is 0 Å². The number of amides is 1. The number of furan rings is 1. The average Bonchev–Trinajstić information content (AvgIpc) is 3.24. The third-order valence-corrected chi connectivity index (χ3v) is 6.45. The zero-order chi connectivity index (χ0) is 17.2. The summed E-state index contributed by atoms with van der Waals surface area (Å²) in [6.45, 7) is 4.57. The molecular formula is C16H23N3O4S. The van der Waals surface area contributed by atoms with Crippen molar-refractivity contribution < 1.29 is 17.6 Å². The van der Waals surface area contributed by atoms with E-state index in [1.165, 1.54) is 10.4 Å². The van der Waals surface area contributed by atoms with Crippen LogP contribution < -0.4 is 0 Å². The summed E-state index contributed by atoms with van der Waals surface area (Å²) in [6, 6.07) is 3.64. The molecule has 0 aromatic carbocycles. The Bertz CT molecular complexity index is 711. The molecule has 0 N–H and O–H groups in total. The first-order valence-electron chi connectivity index (χ1n) is 8.25. The number of aryl methyl sites for hydroxylation is 1. The first kappa shape index (κ1) is 17.2. The second-order valence-electron chi connectivity index (χ2n) is 6.12. The molecule has 24 heavy (non-hydrogen) atoms. The molecule has 0 spiro atoms. The molecule has 2 aliphatic rings. The molecule has 0 atom stereocenters. The van der Waals surface area contributed by atoms with Crippen molar-refractivity contribution in [2.24, 2.45) is 0 Å². The summed E-state index contributed by atoms with van der Waals surface area (Å²) in [7, 11) is -3.37. The van der Waals surface area contributed by atoms with Crippen molar-refractivity contribution in [2.75, 3.05) is 39.3 Å². The second kappa shape index (κ2) is 7.08. The molecule has 3 rings (SSSR count). The summed E-state index contributed by atoms with van der Waals surface area (Å²) >= 11 is 0. The van der Waals surface area contributed by atoms with Gasteiger partial charge < -0.3 is 9.32 Å². The zero-order valence-corrected chi connectivity index (χ0v) is 14.7. The fourth-order valence-corrected chi connectivity index (χ4v) is 4.69. The van der Waals surface area contributed by atoms with Crippen molar-refractivity contribution in [3.63, 3.8) is 0 Å². The molecule has 3 heterocycles. The Hall–Kier alpha value is -1.64. The van der Waals surface area contributed by atoms with Gasteiger partial charge in [0, 0.05) is 45.3 Å². The number of nitrogens with zero attached hydrogens (tertiary/aromatic N) is 3. The van der Waals surface area contributed by atoms with Crippen LogP contribution in [0.1, 0.15) is 24.4 Å². The summed E-state index contributed by atoms with van der Waals surface area (Å²) in [6.07, 6.45) is 4.97. The molecule has 8 heteroatoms. The minimum absolute atomic E-state index is 0.123. The van der Waals surface area contributed by atoms with Crippen LogP contribution in [-0.4, -0.2) is 67.1 Å². The molecule has 1 aromatic heterocycles. The van der Waals surface area contributed by atoms with Gasteiger partial charge in [-0.2, -0.15) is 17.0 Å². The van der Waals surface area contributed by atoms with Crippen LogP contribution in [0, 0.1) is 6.92 Å². The van der Waals surface area contributed by atoms with E-state index in [4.69, 9.17) is 4.42 Å². The van der Waals surface area contributed by atoms with Crippen LogP contribution in [0.15, 0.2) is 22.6 Å². The Morgan fingerprint density at radius 2 is 1.67 bits per heavy atom. The maximum absolute atomic E-state index is 12.5. The highest BCUT2D eigenvalue weighted by atomic mass is 32.2. The van der Waals surface area contributed by atoms with Crippen LogP contribution >= 0.6 is 0 Å². The van der Waals surface area contributed by atoms with Gasteiger partial charge in [0.2, 0.25) is 5.91 Å². The highest BCUT2D eigenvalue weighted by molar-refractivity contribution is 7.86. The molecule has 7 nitrogen and oxygen atoms in total. The zero-order valence-electron chi connectivity index (χ0n) is 13.8. The van der Waals surface area contributed by atoms with Crippen molar-refractivity contribution in [3.05, 3.63) is 29.7 Å². The maximum atomic E-state index is 12.5. The summed E-state index contributed by atoms with van der Waals surface area (Å²) in [4.78, 5) is 13.9. The van der Waals surface area contributed by atoms with Crippen LogP contribution in [0.25, 0.3) is 6.08 Å². The average molecular weight is 353 g/mol. The van der Waals surface area contributed by atoms with Gasteiger partial charge in [0.1, 0.15) is 11.5 Å². The van der Waals surface area contributed by atoms with E-state index in [0.29, 0.717) is 45.0 Å². The number of rotatable bonds is 4. The van der Waals surface area contributed by atoms with E-state index >= 15 is 0 Å². The third kappa shape index (κ3) is 3.71. The van der Waals surface area contributed by atoms with Crippen molar-refractivity contribution in [1.29, 1.82) is 0 Å². The number of carbonyl (C=O) groups is 1. The maximum Gasteiger partial charge on any atom is 0.282 e. The van der Waals surface area contributed by atoms with Crippen LogP contribution in [0.2, 0.25) is 0 Å². The quantitative estimate of drug-likeness (QED) is 0.760. The molecule has 0 aliphatic carbocycles. The normalized spacial score (nSPS) is 21.0. The van der Waals surface area contributed by atoms with Crippen molar-refractivity contribution in [1.82, 2.24) is 13.5 Å². The minimum Gasteiger partial charge on any atom is -0.462 e. The van der Waals surface area contributed by atoms with Crippen LogP contribution in [-0.2, 0) is 15.0 Å². The standard InChI is InChI=1S/C16H23N3O4S/c1-14-4-5-15(23-14)6-7-16(20)17-10-12-19(13-11-17)24(21,22)18-8-2-3-9-18/h4-7H,2-3,8-13H2,1H3/b7-6+. The Balaban J connectivity index is 1.54. The number of carbonyl (C=O) groups excluding carboxylic acids is 1. The molecule has 2 aliphatic heterocycles. The third-order valence-electron chi connectivity index (χ3n) is 4.42.